The number of sulfonamides is 1. The average Bonchev–Trinajstić information content (AvgIpc) is 3.16. The number of H-pyrrole nitrogens is 1. The highest BCUT2D eigenvalue weighted by Crippen LogP contribution is 2.34. The number of fused-ring (bicyclic) bond motifs is 1. The Morgan fingerprint density at radius 1 is 0.903 bits per heavy atom. The van der Waals surface area contributed by atoms with Crippen LogP contribution in [0.4, 0.5) is 5.69 Å². The Morgan fingerprint density at radius 2 is 1.58 bits per heavy atom. The van der Waals surface area contributed by atoms with E-state index in [0.717, 1.165) is 11.8 Å². The van der Waals surface area contributed by atoms with E-state index in [2.05, 4.69) is 14.9 Å². The highest BCUT2D eigenvalue weighted by Gasteiger charge is 2.24. The van der Waals surface area contributed by atoms with E-state index in [0.29, 0.717) is 22.3 Å². The molecule has 4 rings (SSSR count). The first-order valence-corrected chi connectivity index (χ1v) is 12.5. The summed E-state index contributed by atoms with van der Waals surface area (Å²) in [4.78, 5) is -0.573. The van der Waals surface area contributed by atoms with Crippen LogP contribution in [0.2, 0.25) is 0 Å². The van der Waals surface area contributed by atoms with Gasteiger partial charge in [-0.05, 0) is 42.5 Å². The molecule has 4 aromatic rings. The van der Waals surface area contributed by atoms with Gasteiger partial charge in [-0.2, -0.15) is 5.10 Å². The van der Waals surface area contributed by atoms with Crippen LogP contribution < -0.4 is 9.46 Å². The molecular formula is C21H19N3O5S2. The number of anilines is 1. The van der Waals surface area contributed by atoms with Crippen LogP contribution >= 0.6 is 0 Å². The predicted octanol–water partition coefficient (Wildman–Crippen LogP) is 3.44. The van der Waals surface area contributed by atoms with E-state index in [4.69, 9.17) is 4.74 Å². The summed E-state index contributed by atoms with van der Waals surface area (Å²) in [5, 5.41) is 7.96. The van der Waals surface area contributed by atoms with E-state index in [9.17, 15) is 16.8 Å². The van der Waals surface area contributed by atoms with Crippen LogP contribution in [0.25, 0.3) is 22.2 Å². The van der Waals surface area contributed by atoms with Crippen LogP contribution in [0.15, 0.2) is 76.5 Å². The summed E-state index contributed by atoms with van der Waals surface area (Å²) in [6.07, 6.45) is 0.971. The van der Waals surface area contributed by atoms with Gasteiger partial charge in [0.05, 0.1) is 17.5 Å². The molecule has 0 saturated heterocycles. The third-order valence-corrected chi connectivity index (χ3v) is 7.44. The molecule has 0 amide bonds. The molecule has 2 N–H and O–H groups in total. The lowest BCUT2D eigenvalue weighted by Gasteiger charge is -2.12. The number of hydrogen-bond acceptors (Lipinski definition) is 6. The van der Waals surface area contributed by atoms with Crippen molar-refractivity contribution in [3.05, 3.63) is 66.7 Å². The van der Waals surface area contributed by atoms with Crippen LogP contribution in [0.3, 0.4) is 0 Å². The average molecular weight is 458 g/mol. The van der Waals surface area contributed by atoms with E-state index in [-0.39, 0.29) is 15.5 Å². The lowest BCUT2D eigenvalue weighted by molar-refractivity contribution is 0.416. The maximum atomic E-state index is 13.0. The molecule has 0 spiro atoms. The Balaban J connectivity index is 1.79. The quantitative estimate of drug-likeness (QED) is 0.458. The van der Waals surface area contributed by atoms with E-state index >= 15 is 0 Å². The van der Waals surface area contributed by atoms with Gasteiger partial charge in [0.2, 0.25) is 0 Å². The van der Waals surface area contributed by atoms with Gasteiger partial charge in [-0.1, -0.05) is 24.3 Å². The summed E-state index contributed by atoms with van der Waals surface area (Å²) < 4.78 is 57.9. The van der Waals surface area contributed by atoms with Gasteiger partial charge in [0.25, 0.3) is 10.0 Å². The summed E-state index contributed by atoms with van der Waals surface area (Å²) in [5.41, 5.74) is 2.33. The number of aromatic amines is 1. The molecule has 0 aliphatic heterocycles. The van der Waals surface area contributed by atoms with Crippen LogP contribution in [-0.2, 0) is 19.9 Å². The molecule has 0 fully saturated rings. The van der Waals surface area contributed by atoms with Crippen molar-refractivity contribution in [2.24, 2.45) is 0 Å². The fourth-order valence-electron chi connectivity index (χ4n) is 3.31. The summed E-state index contributed by atoms with van der Waals surface area (Å²) in [6, 6.07) is 17.8. The fourth-order valence-corrected chi connectivity index (χ4v) is 5.99. The number of aromatic nitrogens is 2. The van der Waals surface area contributed by atoms with Gasteiger partial charge in [-0.15, -0.1) is 0 Å². The molecule has 0 aliphatic rings. The molecule has 8 nitrogen and oxygen atoms in total. The fraction of sp³-hybridized carbons (Fsp3) is 0.0952. The second-order valence-corrected chi connectivity index (χ2v) is 10.5. The van der Waals surface area contributed by atoms with Crippen molar-refractivity contribution < 1.29 is 21.6 Å². The number of para-hydroxylation sites is 1. The minimum absolute atomic E-state index is 0.262. The summed E-state index contributed by atoms with van der Waals surface area (Å²) in [7, 11) is -6.32. The van der Waals surface area contributed by atoms with Crippen molar-refractivity contribution in [1.29, 1.82) is 0 Å². The SMILES string of the molecule is COc1ccccc1-c1n[nH]c2ccc(NS(=O)(=O)c3ccccc3S(C)(=O)=O)cc12. The zero-order valence-electron chi connectivity index (χ0n) is 16.7. The number of benzene rings is 3. The van der Waals surface area contributed by atoms with E-state index in [1.807, 2.05) is 24.3 Å². The first-order valence-electron chi connectivity index (χ1n) is 9.14. The Labute approximate surface area is 179 Å². The molecule has 0 bridgehead atoms. The molecule has 0 atom stereocenters. The minimum atomic E-state index is -4.15. The molecule has 31 heavy (non-hydrogen) atoms. The van der Waals surface area contributed by atoms with Gasteiger partial charge in [-0.25, -0.2) is 16.8 Å². The number of nitrogens with one attached hydrogen (secondary N) is 2. The molecule has 0 saturated carbocycles. The first-order chi connectivity index (χ1) is 14.7. The van der Waals surface area contributed by atoms with Crippen molar-refractivity contribution in [3.63, 3.8) is 0 Å². The Hall–Kier alpha value is -3.37. The van der Waals surface area contributed by atoms with E-state index in [1.54, 1.807) is 25.3 Å². The Morgan fingerprint density at radius 3 is 2.29 bits per heavy atom. The van der Waals surface area contributed by atoms with Crippen molar-refractivity contribution in [1.82, 2.24) is 10.2 Å². The number of rotatable bonds is 6. The zero-order chi connectivity index (χ0) is 22.2. The van der Waals surface area contributed by atoms with E-state index < -0.39 is 19.9 Å². The smallest absolute Gasteiger partial charge is 0.263 e. The molecule has 1 heterocycles. The molecule has 1 aromatic heterocycles. The van der Waals surface area contributed by atoms with Gasteiger partial charge >= 0.3 is 0 Å². The number of hydrogen-bond donors (Lipinski definition) is 2. The Kier molecular flexibility index (Phi) is 5.19. The number of nitrogens with zero attached hydrogens (tertiary/aromatic N) is 1. The van der Waals surface area contributed by atoms with E-state index in [1.165, 1.54) is 24.3 Å². The molecule has 0 radical (unpaired) electrons. The second kappa shape index (κ2) is 7.71. The molecule has 160 valence electrons. The highest BCUT2D eigenvalue weighted by molar-refractivity contribution is 7.95. The van der Waals surface area contributed by atoms with Crippen LogP contribution in [-0.4, -0.2) is 40.4 Å². The van der Waals surface area contributed by atoms with Crippen LogP contribution in [0.5, 0.6) is 5.75 Å². The summed E-state index contributed by atoms with van der Waals surface area (Å²) >= 11 is 0. The Bertz CT molecular complexity index is 1490. The number of methoxy groups -OCH3 is 1. The molecule has 3 aromatic carbocycles. The lowest BCUT2D eigenvalue weighted by Crippen LogP contribution is -2.16. The standard InChI is InChI=1S/C21H19N3O5S2/c1-29-18-8-4-3-7-15(18)21-16-13-14(11-12-17(16)22-23-21)24-31(27,28)20-10-6-5-9-19(20)30(2,25)26/h3-13,24H,1-2H3,(H,22,23). The maximum Gasteiger partial charge on any atom is 0.263 e. The monoisotopic (exact) mass is 457 g/mol. The van der Waals surface area contributed by atoms with Gasteiger partial charge in [-0.3, -0.25) is 9.82 Å². The van der Waals surface area contributed by atoms with Crippen molar-refractivity contribution >= 4 is 36.5 Å². The third kappa shape index (κ3) is 3.99. The molecular weight excluding hydrogens is 438 g/mol. The summed E-state index contributed by atoms with van der Waals surface area (Å²) in [5.74, 6) is 0.629. The molecule has 10 heteroatoms. The number of sulfone groups is 1. The van der Waals surface area contributed by atoms with Crippen molar-refractivity contribution in [2.75, 3.05) is 18.1 Å². The molecule has 0 unspecified atom stereocenters. The summed E-state index contributed by atoms with van der Waals surface area (Å²) in [6.45, 7) is 0. The van der Waals surface area contributed by atoms with Gasteiger partial charge in [0.15, 0.2) is 9.84 Å². The topological polar surface area (TPSA) is 118 Å². The lowest BCUT2D eigenvalue weighted by atomic mass is 10.1. The predicted molar refractivity (Wildman–Crippen MR) is 118 cm³/mol. The van der Waals surface area contributed by atoms with Crippen LogP contribution in [0, 0.1) is 0 Å². The normalized spacial score (nSPS) is 12.1. The second-order valence-electron chi connectivity index (χ2n) is 6.86. The van der Waals surface area contributed by atoms with Crippen molar-refractivity contribution in [2.45, 2.75) is 9.79 Å². The van der Waals surface area contributed by atoms with Gasteiger partial charge in [0.1, 0.15) is 16.3 Å². The largest absolute Gasteiger partial charge is 0.496 e. The van der Waals surface area contributed by atoms with Crippen molar-refractivity contribution in [3.8, 4) is 17.0 Å². The van der Waals surface area contributed by atoms with Gasteiger partial charge in [0, 0.05) is 22.9 Å². The highest BCUT2D eigenvalue weighted by atomic mass is 32.2. The first kappa shape index (κ1) is 20.9. The van der Waals surface area contributed by atoms with Crippen LogP contribution in [0.1, 0.15) is 0 Å². The zero-order valence-corrected chi connectivity index (χ0v) is 18.3. The maximum absolute atomic E-state index is 13.0. The molecule has 0 aliphatic carbocycles. The van der Waals surface area contributed by atoms with Gasteiger partial charge < -0.3 is 4.74 Å². The number of ether oxygens (including phenoxy) is 1. The third-order valence-electron chi connectivity index (χ3n) is 4.72. The minimum Gasteiger partial charge on any atom is -0.496 e.